The molecular weight excluding hydrogens is 176 g/mol. The summed E-state index contributed by atoms with van der Waals surface area (Å²) < 4.78 is 0. The van der Waals surface area contributed by atoms with E-state index in [0.717, 1.165) is 12.1 Å². The Labute approximate surface area is 82.9 Å². The molecular formula is C11H12N2O. The zero-order valence-electron chi connectivity index (χ0n) is 8.16. The molecule has 72 valence electrons. The van der Waals surface area contributed by atoms with E-state index in [1.165, 1.54) is 18.4 Å². The van der Waals surface area contributed by atoms with E-state index in [2.05, 4.69) is 9.98 Å². The van der Waals surface area contributed by atoms with Crippen molar-refractivity contribution in [3.8, 4) is 0 Å². The molecule has 0 bridgehead atoms. The fourth-order valence-electron chi connectivity index (χ4n) is 1.56. The maximum atomic E-state index is 10.2. The van der Waals surface area contributed by atoms with Crippen molar-refractivity contribution in [2.24, 2.45) is 4.99 Å². The summed E-state index contributed by atoms with van der Waals surface area (Å²) in [5, 5.41) is 0. The standard InChI is InChI=1S/C11H12N2O/c1-2-10-11(13-7-14)5-9(6-12-10)8-3-4-8/h5-6,8H,2-4H2,1H3. The van der Waals surface area contributed by atoms with Gasteiger partial charge in [-0.25, -0.2) is 4.79 Å². The van der Waals surface area contributed by atoms with Crippen molar-refractivity contribution < 1.29 is 4.79 Å². The third kappa shape index (κ3) is 1.73. The van der Waals surface area contributed by atoms with Crippen LogP contribution in [0.2, 0.25) is 0 Å². The number of pyridine rings is 1. The predicted molar refractivity (Wildman–Crippen MR) is 53.4 cm³/mol. The first kappa shape index (κ1) is 9.10. The van der Waals surface area contributed by atoms with E-state index in [1.807, 2.05) is 19.2 Å². The molecule has 1 saturated carbocycles. The minimum Gasteiger partial charge on any atom is -0.259 e. The van der Waals surface area contributed by atoms with Crippen LogP contribution < -0.4 is 0 Å². The molecule has 0 saturated heterocycles. The van der Waals surface area contributed by atoms with E-state index in [1.54, 1.807) is 6.08 Å². The number of aliphatic imine (C=N–C) groups is 1. The third-order valence-corrected chi connectivity index (χ3v) is 2.52. The number of carbonyl (C=O) groups excluding carboxylic acids is 1. The van der Waals surface area contributed by atoms with Gasteiger partial charge in [0.05, 0.1) is 11.4 Å². The molecule has 0 radical (unpaired) electrons. The fraction of sp³-hybridized carbons (Fsp3) is 0.455. The lowest BCUT2D eigenvalue weighted by atomic mass is 10.1. The van der Waals surface area contributed by atoms with Crippen molar-refractivity contribution in [1.82, 2.24) is 4.98 Å². The van der Waals surface area contributed by atoms with Gasteiger partial charge in [-0.05, 0) is 36.8 Å². The second kappa shape index (κ2) is 3.72. The van der Waals surface area contributed by atoms with Crippen LogP contribution >= 0.6 is 0 Å². The van der Waals surface area contributed by atoms with Crippen LogP contribution in [-0.2, 0) is 11.2 Å². The maximum Gasteiger partial charge on any atom is 0.240 e. The number of aryl methyl sites for hydroxylation is 1. The van der Waals surface area contributed by atoms with Crippen LogP contribution in [0.3, 0.4) is 0 Å². The van der Waals surface area contributed by atoms with Gasteiger partial charge in [0.15, 0.2) is 0 Å². The summed E-state index contributed by atoms with van der Waals surface area (Å²) in [6, 6.07) is 1.97. The van der Waals surface area contributed by atoms with Crippen LogP contribution in [-0.4, -0.2) is 11.1 Å². The molecule has 0 spiro atoms. The quantitative estimate of drug-likeness (QED) is 0.540. The molecule has 0 aliphatic heterocycles. The average Bonchev–Trinajstić information content (AvgIpc) is 3.01. The number of hydrogen-bond acceptors (Lipinski definition) is 3. The van der Waals surface area contributed by atoms with Crippen LogP contribution in [0.25, 0.3) is 0 Å². The van der Waals surface area contributed by atoms with E-state index >= 15 is 0 Å². The molecule has 1 heterocycles. The molecule has 0 unspecified atom stereocenters. The third-order valence-electron chi connectivity index (χ3n) is 2.52. The number of nitrogens with zero attached hydrogens (tertiary/aromatic N) is 2. The van der Waals surface area contributed by atoms with Gasteiger partial charge in [-0.15, -0.1) is 0 Å². The van der Waals surface area contributed by atoms with Crippen LogP contribution in [0, 0.1) is 0 Å². The van der Waals surface area contributed by atoms with E-state index in [9.17, 15) is 4.79 Å². The van der Waals surface area contributed by atoms with Gasteiger partial charge in [0.1, 0.15) is 0 Å². The van der Waals surface area contributed by atoms with Crippen molar-refractivity contribution >= 4 is 11.8 Å². The molecule has 1 aliphatic rings. The first-order chi connectivity index (χ1) is 6.85. The highest BCUT2D eigenvalue weighted by Gasteiger charge is 2.24. The van der Waals surface area contributed by atoms with Gasteiger partial charge in [-0.1, -0.05) is 6.92 Å². The zero-order chi connectivity index (χ0) is 9.97. The van der Waals surface area contributed by atoms with Crippen LogP contribution in [0.4, 0.5) is 5.69 Å². The molecule has 3 nitrogen and oxygen atoms in total. The molecule has 0 amide bonds. The Balaban J connectivity index is 2.40. The Kier molecular flexibility index (Phi) is 2.42. The summed E-state index contributed by atoms with van der Waals surface area (Å²) in [6.45, 7) is 2.00. The van der Waals surface area contributed by atoms with Crippen molar-refractivity contribution in [2.75, 3.05) is 0 Å². The SMILES string of the molecule is CCc1ncc(C2CC2)cc1N=C=O. The molecule has 3 heteroatoms. The summed E-state index contributed by atoms with van der Waals surface area (Å²) >= 11 is 0. The normalized spacial score (nSPS) is 14.9. The summed E-state index contributed by atoms with van der Waals surface area (Å²) in [7, 11) is 0. The molecule has 1 aliphatic carbocycles. The fourth-order valence-corrected chi connectivity index (χ4v) is 1.56. The van der Waals surface area contributed by atoms with Gasteiger partial charge in [0.2, 0.25) is 6.08 Å². The van der Waals surface area contributed by atoms with Crippen molar-refractivity contribution in [2.45, 2.75) is 32.1 Å². The average molecular weight is 188 g/mol. The van der Waals surface area contributed by atoms with Crippen LogP contribution in [0.15, 0.2) is 17.3 Å². The molecule has 0 aromatic carbocycles. The van der Waals surface area contributed by atoms with E-state index in [-0.39, 0.29) is 0 Å². The summed E-state index contributed by atoms with van der Waals surface area (Å²) in [5.41, 5.74) is 2.76. The Morgan fingerprint density at radius 2 is 2.43 bits per heavy atom. The second-order valence-corrected chi connectivity index (χ2v) is 3.57. The predicted octanol–water partition coefficient (Wildman–Crippen LogP) is 2.49. The van der Waals surface area contributed by atoms with Gasteiger partial charge in [0, 0.05) is 6.20 Å². The highest BCUT2D eigenvalue weighted by atomic mass is 16.1. The summed E-state index contributed by atoms with van der Waals surface area (Å²) in [4.78, 5) is 18.2. The Hall–Kier alpha value is -1.47. The highest BCUT2D eigenvalue weighted by molar-refractivity contribution is 5.53. The molecule has 0 atom stereocenters. The Bertz CT molecular complexity index is 390. The zero-order valence-corrected chi connectivity index (χ0v) is 8.16. The number of rotatable bonds is 3. The van der Waals surface area contributed by atoms with Gasteiger partial charge >= 0.3 is 0 Å². The van der Waals surface area contributed by atoms with Gasteiger partial charge < -0.3 is 0 Å². The van der Waals surface area contributed by atoms with Crippen LogP contribution in [0.1, 0.15) is 36.9 Å². The lowest BCUT2D eigenvalue weighted by Gasteiger charge is -2.03. The van der Waals surface area contributed by atoms with E-state index < -0.39 is 0 Å². The smallest absolute Gasteiger partial charge is 0.240 e. The first-order valence-electron chi connectivity index (χ1n) is 4.92. The minimum absolute atomic E-state index is 0.647. The minimum atomic E-state index is 0.647. The number of hydrogen-bond donors (Lipinski definition) is 0. The second-order valence-electron chi connectivity index (χ2n) is 3.57. The highest BCUT2D eigenvalue weighted by Crippen LogP contribution is 2.41. The Morgan fingerprint density at radius 3 is 3.00 bits per heavy atom. The number of aromatic nitrogens is 1. The largest absolute Gasteiger partial charge is 0.259 e. The Morgan fingerprint density at radius 1 is 1.64 bits per heavy atom. The molecule has 0 N–H and O–H groups in total. The lowest BCUT2D eigenvalue weighted by molar-refractivity contribution is 0.565. The van der Waals surface area contributed by atoms with E-state index in [0.29, 0.717) is 11.6 Å². The van der Waals surface area contributed by atoms with Gasteiger partial charge in [-0.2, -0.15) is 4.99 Å². The maximum absolute atomic E-state index is 10.2. The molecule has 14 heavy (non-hydrogen) atoms. The molecule has 1 aromatic heterocycles. The van der Waals surface area contributed by atoms with Crippen molar-refractivity contribution in [3.63, 3.8) is 0 Å². The van der Waals surface area contributed by atoms with Gasteiger partial charge in [-0.3, -0.25) is 4.98 Å². The molecule has 1 fully saturated rings. The summed E-state index contributed by atoms with van der Waals surface area (Å²) in [6.07, 6.45) is 6.75. The first-order valence-corrected chi connectivity index (χ1v) is 4.92. The topological polar surface area (TPSA) is 42.3 Å². The van der Waals surface area contributed by atoms with Gasteiger partial charge in [0.25, 0.3) is 0 Å². The monoisotopic (exact) mass is 188 g/mol. The summed E-state index contributed by atoms with van der Waals surface area (Å²) in [5.74, 6) is 0.647. The lowest BCUT2D eigenvalue weighted by Crippen LogP contribution is -1.90. The van der Waals surface area contributed by atoms with Crippen LogP contribution in [0.5, 0.6) is 0 Å². The van der Waals surface area contributed by atoms with E-state index in [4.69, 9.17) is 0 Å². The van der Waals surface area contributed by atoms with Crippen molar-refractivity contribution in [3.05, 3.63) is 23.5 Å². The van der Waals surface area contributed by atoms with Crippen molar-refractivity contribution in [1.29, 1.82) is 0 Å². The molecule has 2 rings (SSSR count). The molecule has 1 aromatic rings. The number of isocyanates is 1.